The van der Waals surface area contributed by atoms with Crippen molar-refractivity contribution in [2.45, 2.75) is 31.8 Å². The molecule has 0 saturated carbocycles. The summed E-state index contributed by atoms with van der Waals surface area (Å²) in [5.74, 6) is 0.494. The minimum Gasteiger partial charge on any atom is -0.387 e. The number of carbonyl (C=O) groups is 1. The first kappa shape index (κ1) is 15.5. The molecular formula is C15H24N2O2S. The Morgan fingerprint density at radius 2 is 2.25 bits per heavy atom. The third kappa shape index (κ3) is 3.40. The first-order valence-electron chi connectivity index (χ1n) is 7.05. The van der Waals surface area contributed by atoms with E-state index in [1.165, 1.54) is 4.88 Å². The van der Waals surface area contributed by atoms with E-state index in [1.807, 2.05) is 30.4 Å². The number of aliphatic hydroxyl groups is 1. The fraction of sp³-hybridized carbons (Fsp3) is 0.667. The highest BCUT2D eigenvalue weighted by Crippen LogP contribution is 2.27. The zero-order valence-corrected chi connectivity index (χ0v) is 13.5. The van der Waals surface area contributed by atoms with Crippen LogP contribution in [0, 0.1) is 0 Å². The molecule has 2 heterocycles. The van der Waals surface area contributed by atoms with Gasteiger partial charge in [0.1, 0.15) is 0 Å². The van der Waals surface area contributed by atoms with Gasteiger partial charge in [-0.25, -0.2) is 0 Å². The van der Waals surface area contributed by atoms with Crippen molar-refractivity contribution in [2.24, 2.45) is 0 Å². The monoisotopic (exact) mass is 296 g/mol. The maximum atomic E-state index is 12.5. The van der Waals surface area contributed by atoms with E-state index in [-0.39, 0.29) is 5.91 Å². The first-order valence-corrected chi connectivity index (χ1v) is 7.93. The van der Waals surface area contributed by atoms with Crippen molar-refractivity contribution in [3.8, 4) is 0 Å². The van der Waals surface area contributed by atoms with Crippen LogP contribution in [0.2, 0.25) is 0 Å². The van der Waals surface area contributed by atoms with Crippen molar-refractivity contribution >= 4 is 17.2 Å². The van der Waals surface area contributed by atoms with Gasteiger partial charge in [-0.3, -0.25) is 4.79 Å². The van der Waals surface area contributed by atoms with Crippen molar-refractivity contribution in [3.63, 3.8) is 0 Å². The van der Waals surface area contributed by atoms with Crippen molar-refractivity contribution in [1.82, 2.24) is 9.80 Å². The van der Waals surface area contributed by atoms with Gasteiger partial charge in [0, 0.05) is 23.3 Å². The Hall–Kier alpha value is -0.910. The molecule has 1 amide bonds. The quantitative estimate of drug-likeness (QED) is 0.924. The van der Waals surface area contributed by atoms with E-state index in [0.29, 0.717) is 32.0 Å². The average molecular weight is 296 g/mol. The van der Waals surface area contributed by atoms with Crippen LogP contribution in [0.5, 0.6) is 0 Å². The number of amides is 1. The van der Waals surface area contributed by atoms with Crippen LogP contribution in [-0.4, -0.2) is 60.1 Å². The Labute approximate surface area is 125 Å². The van der Waals surface area contributed by atoms with E-state index in [9.17, 15) is 9.90 Å². The van der Waals surface area contributed by atoms with Crippen LogP contribution in [0.4, 0.5) is 0 Å². The fourth-order valence-corrected chi connectivity index (χ4v) is 3.60. The molecule has 2 rings (SSSR count). The number of nitrogens with zero attached hydrogens (tertiary/aromatic N) is 2. The van der Waals surface area contributed by atoms with Gasteiger partial charge in [0.25, 0.3) is 5.91 Å². The van der Waals surface area contributed by atoms with E-state index >= 15 is 0 Å². The number of rotatable bonds is 4. The molecule has 1 aromatic heterocycles. The largest absolute Gasteiger partial charge is 0.387 e. The van der Waals surface area contributed by atoms with Gasteiger partial charge < -0.3 is 14.9 Å². The van der Waals surface area contributed by atoms with Gasteiger partial charge in [-0.15, -0.1) is 11.3 Å². The molecule has 5 heteroatoms. The highest BCUT2D eigenvalue weighted by molar-refractivity contribution is 7.10. The van der Waals surface area contributed by atoms with E-state index in [2.05, 4.69) is 13.8 Å². The number of hydrogen-bond acceptors (Lipinski definition) is 4. The van der Waals surface area contributed by atoms with Crippen LogP contribution in [0.3, 0.4) is 0 Å². The summed E-state index contributed by atoms with van der Waals surface area (Å²) in [6.07, 6.45) is 0.651. The molecule has 1 N–H and O–H groups in total. The number of thiophene rings is 1. The molecule has 112 valence electrons. The number of likely N-dealkylation sites (tertiary alicyclic amines) is 1. The number of hydrogen-bond donors (Lipinski definition) is 1. The summed E-state index contributed by atoms with van der Waals surface area (Å²) in [7, 11) is 3.88. The normalized spacial score (nSPS) is 23.1. The molecule has 0 spiro atoms. The summed E-state index contributed by atoms with van der Waals surface area (Å²) in [4.78, 5) is 17.4. The Morgan fingerprint density at radius 3 is 2.80 bits per heavy atom. The number of likely N-dealkylation sites (N-methyl/N-ethyl adjacent to an activating group) is 1. The van der Waals surface area contributed by atoms with Gasteiger partial charge in [-0.05, 0) is 32.5 Å². The minimum atomic E-state index is -0.768. The maximum absolute atomic E-state index is 12.5. The molecule has 20 heavy (non-hydrogen) atoms. The second-order valence-corrected chi connectivity index (χ2v) is 7.27. The summed E-state index contributed by atoms with van der Waals surface area (Å²) in [5.41, 5.74) is -0.0106. The van der Waals surface area contributed by atoms with Gasteiger partial charge in [0.15, 0.2) is 0 Å². The van der Waals surface area contributed by atoms with Crippen LogP contribution in [-0.2, 0) is 0 Å². The third-order valence-corrected chi connectivity index (χ3v) is 4.90. The second kappa shape index (κ2) is 5.84. The fourth-order valence-electron chi connectivity index (χ4n) is 2.70. The molecule has 1 aromatic rings. The van der Waals surface area contributed by atoms with Crippen LogP contribution in [0.15, 0.2) is 11.4 Å². The summed E-state index contributed by atoms with van der Waals surface area (Å²) >= 11 is 1.64. The maximum Gasteiger partial charge on any atom is 0.254 e. The summed E-state index contributed by atoms with van der Waals surface area (Å²) in [5, 5.41) is 12.4. The highest BCUT2D eigenvalue weighted by Gasteiger charge is 2.38. The molecule has 0 radical (unpaired) electrons. The standard InChI is InChI=1S/C15H24N2O2S/c1-11(2)13-7-12(8-20-13)14(18)17-6-5-15(19,10-17)9-16(3)4/h7-8,11,19H,5-6,9-10H2,1-4H3/t15-/m1/s1. The Kier molecular flexibility index (Phi) is 4.52. The van der Waals surface area contributed by atoms with Gasteiger partial charge in [-0.1, -0.05) is 13.8 Å². The molecule has 4 nitrogen and oxygen atoms in total. The molecule has 0 bridgehead atoms. The predicted octanol–water partition coefficient (Wildman–Crippen LogP) is 2.01. The Morgan fingerprint density at radius 1 is 1.55 bits per heavy atom. The summed E-state index contributed by atoms with van der Waals surface area (Å²) in [6.45, 7) is 5.92. The van der Waals surface area contributed by atoms with Gasteiger partial charge in [0.2, 0.25) is 0 Å². The van der Waals surface area contributed by atoms with E-state index in [0.717, 1.165) is 5.56 Å². The van der Waals surface area contributed by atoms with Crippen molar-refractivity contribution < 1.29 is 9.90 Å². The van der Waals surface area contributed by atoms with E-state index in [4.69, 9.17) is 0 Å². The first-order chi connectivity index (χ1) is 9.31. The average Bonchev–Trinajstić information content (AvgIpc) is 2.94. The Balaban J connectivity index is 2.03. The topological polar surface area (TPSA) is 43.8 Å². The minimum absolute atomic E-state index is 0.0443. The molecule has 1 fully saturated rings. The van der Waals surface area contributed by atoms with Crippen molar-refractivity contribution in [1.29, 1.82) is 0 Å². The lowest BCUT2D eigenvalue weighted by molar-refractivity contribution is 0.0236. The van der Waals surface area contributed by atoms with E-state index < -0.39 is 5.60 Å². The number of carbonyl (C=O) groups excluding carboxylic acids is 1. The molecule has 1 saturated heterocycles. The van der Waals surface area contributed by atoms with Crippen LogP contribution < -0.4 is 0 Å². The lowest BCUT2D eigenvalue weighted by Gasteiger charge is -2.26. The van der Waals surface area contributed by atoms with Gasteiger partial charge in [-0.2, -0.15) is 0 Å². The zero-order chi connectivity index (χ0) is 14.9. The molecular weight excluding hydrogens is 272 g/mol. The lowest BCUT2D eigenvalue weighted by atomic mass is 10.0. The molecule has 1 aliphatic heterocycles. The second-order valence-electron chi connectivity index (χ2n) is 6.33. The van der Waals surface area contributed by atoms with Crippen LogP contribution in [0.1, 0.15) is 41.4 Å². The molecule has 0 aromatic carbocycles. The van der Waals surface area contributed by atoms with Crippen LogP contribution in [0.25, 0.3) is 0 Å². The summed E-state index contributed by atoms with van der Waals surface area (Å²) in [6, 6.07) is 1.99. The van der Waals surface area contributed by atoms with Crippen molar-refractivity contribution in [2.75, 3.05) is 33.7 Å². The molecule has 0 aliphatic carbocycles. The third-order valence-electron chi connectivity index (χ3n) is 3.67. The summed E-state index contributed by atoms with van der Waals surface area (Å²) < 4.78 is 0. The molecule has 1 atom stereocenters. The van der Waals surface area contributed by atoms with E-state index in [1.54, 1.807) is 16.2 Å². The smallest absolute Gasteiger partial charge is 0.254 e. The number of β-amino-alcohol motifs (C(OH)–C–C–N with tert-alkyl or cyclic N) is 1. The lowest BCUT2D eigenvalue weighted by Crippen LogP contribution is -2.43. The SMILES string of the molecule is CC(C)c1cc(C(=O)N2CC[C@@](O)(CN(C)C)C2)cs1. The molecule has 1 aliphatic rings. The van der Waals surface area contributed by atoms with Crippen LogP contribution >= 0.6 is 11.3 Å². The zero-order valence-electron chi connectivity index (χ0n) is 12.7. The molecule has 0 unspecified atom stereocenters. The van der Waals surface area contributed by atoms with Crippen molar-refractivity contribution in [3.05, 3.63) is 21.9 Å². The highest BCUT2D eigenvalue weighted by atomic mass is 32.1. The van der Waals surface area contributed by atoms with Gasteiger partial charge in [0.05, 0.1) is 17.7 Å². The Bertz CT molecular complexity index is 484. The van der Waals surface area contributed by atoms with Gasteiger partial charge >= 0.3 is 0 Å². The predicted molar refractivity (Wildman–Crippen MR) is 82.4 cm³/mol.